The first-order valence-corrected chi connectivity index (χ1v) is 7.41. The Balaban J connectivity index is 2.20. The van der Waals surface area contributed by atoms with Gasteiger partial charge in [-0.15, -0.1) is 23.1 Å². The summed E-state index contributed by atoms with van der Waals surface area (Å²) in [4.78, 5) is 13.1. The number of hydrogen-bond donors (Lipinski definition) is 1. The Morgan fingerprint density at radius 1 is 1.28 bits per heavy atom. The predicted molar refractivity (Wildman–Crippen MR) is 77.7 cm³/mol. The molecule has 0 aliphatic carbocycles. The van der Waals surface area contributed by atoms with Crippen LogP contribution in [0.2, 0.25) is 0 Å². The molecule has 0 saturated carbocycles. The van der Waals surface area contributed by atoms with Gasteiger partial charge in [0.1, 0.15) is 0 Å². The van der Waals surface area contributed by atoms with Gasteiger partial charge in [0.25, 0.3) is 0 Å². The van der Waals surface area contributed by atoms with Crippen LogP contribution >= 0.6 is 23.1 Å². The summed E-state index contributed by atoms with van der Waals surface area (Å²) in [5, 5.41) is 11.1. The molecule has 0 unspecified atom stereocenters. The van der Waals surface area contributed by atoms with Gasteiger partial charge >= 0.3 is 5.97 Å². The van der Waals surface area contributed by atoms with E-state index in [0.717, 1.165) is 10.4 Å². The quantitative estimate of drug-likeness (QED) is 0.830. The molecular formula is C14H14O2S2. The van der Waals surface area contributed by atoms with Crippen LogP contribution in [0.3, 0.4) is 0 Å². The Kier molecular flexibility index (Phi) is 4.09. The van der Waals surface area contributed by atoms with Crippen LogP contribution in [0.4, 0.5) is 0 Å². The highest BCUT2D eigenvalue weighted by molar-refractivity contribution is 7.99. The smallest absolute Gasteiger partial charge is 0.336 e. The van der Waals surface area contributed by atoms with E-state index < -0.39 is 5.97 Å². The summed E-state index contributed by atoms with van der Waals surface area (Å²) in [6.07, 6.45) is 0. The average molecular weight is 278 g/mol. The molecule has 0 amide bonds. The van der Waals surface area contributed by atoms with E-state index in [-0.39, 0.29) is 0 Å². The lowest BCUT2D eigenvalue weighted by molar-refractivity contribution is 0.0697. The number of rotatable bonds is 4. The van der Waals surface area contributed by atoms with Crippen molar-refractivity contribution < 1.29 is 9.90 Å². The zero-order valence-electron chi connectivity index (χ0n) is 10.2. The number of thioether (sulfide) groups is 1. The molecule has 2 nitrogen and oxygen atoms in total. The van der Waals surface area contributed by atoms with Gasteiger partial charge < -0.3 is 5.11 Å². The Bertz CT molecular complexity index is 541. The van der Waals surface area contributed by atoms with Gasteiger partial charge in [0, 0.05) is 20.4 Å². The van der Waals surface area contributed by atoms with E-state index in [9.17, 15) is 4.79 Å². The molecule has 94 valence electrons. The van der Waals surface area contributed by atoms with Crippen molar-refractivity contribution in [3.05, 3.63) is 41.3 Å². The summed E-state index contributed by atoms with van der Waals surface area (Å²) < 4.78 is 0. The molecule has 0 fully saturated rings. The number of aromatic carboxylic acids is 1. The third kappa shape index (κ3) is 3.15. The van der Waals surface area contributed by atoms with Gasteiger partial charge in [-0.1, -0.05) is 26.0 Å². The second-order valence-electron chi connectivity index (χ2n) is 4.20. The third-order valence-electron chi connectivity index (χ3n) is 2.36. The van der Waals surface area contributed by atoms with Crippen LogP contribution in [0.5, 0.6) is 0 Å². The van der Waals surface area contributed by atoms with Crippen LogP contribution in [-0.2, 0) is 0 Å². The van der Waals surface area contributed by atoms with Crippen molar-refractivity contribution in [3.8, 4) is 10.4 Å². The van der Waals surface area contributed by atoms with Gasteiger partial charge in [0.15, 0.2) is 0 Å². The molecule has 0 bridgehead atoms. The number of thiophene rings is 1. The Hall–Kier alpha value is -1.26. The predicted octanol–water partition coefficient (Wildman–Crippen LogP) is 4.61. The molecule has 1 aromatic carbocycles. The number of carboxylic acids is 1. The van der Waals surface area contributed by atoms with Crippen LogP contribution in [-0.4, -0.2) is 16.3 Å². The Morgan fingerprint density at radius 3 is 2.44 bits per heavy atom. The normalized spacial score (nSPS) is 10.8. The van der Waals surface area contributed by atoms with Gasteiger partial charge in [-0.25, -0.2) is 4.79 Å². The molecule has 18 heavy (non-hydrogen) atoms. The van der Waals surface area contributed by atoms with Gasteiger partial charge in [0.2, 0.25) is 0 Å². The molecule has 2 aromatic rings. The lowest BCUT2D eigenvalue weighted by atomic mass is 10.2. The van der Waals surface area contributed by atoms with Gasteiger partial charge in [-0.2, -0.15) is 0 Å². The molecule has 1 heterocycles. The van der Waals surface area contributed by atoms with Crippen molar-refractivity contribution >= 4 is 29.1 Å². The molecule has 0 atom stereocenters. The first-order valence-electron chi connectivity index (χ1n) is 5.65. The van der Waals surface area contributed by atoms with E-state index in [4.69, 9.17) is 5.11 Å². The van der Waals surface area contributed by atoms with Crippen molar-refractivity contribution in [1.82, 2.24) is 0 Å². The molecule has 0 saturated heterocycles. The van der Waals surface area contributed by atoms with Gasteiger partial charge in [0.05, 0.1) is 5.56 Å². The van der Waals surface area contributed by atoms with E-state index in [1.165, 1.54) is 16.2 Å². The van der Waals surface area contributed by atoms with Crippen molar-refractivity contribution in [3.63, 3.8) is 0 Å². The number of carboxylic acid groups (broad SMARTS) is 1. The highest BCUT2D eigenvalue weighted by Crippen LogP contribution is 2.30. The van der Waals surface area contributed by atoms with Gasteiger partial charge in [-0.3, -0.25) is 0 Å². The molecular weight excluding hydrogens is 264 g/mol. The summed E-state index contributed by atoms with van der Waals surface area (Å²) >= 11 is 3.28. The first-order chi connectivity index (χ1) is 8.56. The molecule has 2 rings (SSSR count). The van der Waals surface area contributed by atoms with Crippen LogP contribution < -0.4 is 0 Å². The fourth-order valence-electron chi connectivity index (χ4n) is 1.57. The molecule has 1 aromatic heterocycles. The summed E-state index contributed by atoms with van der Waals surface area (Å²) in [6, 6.07) is 9.97. The Morgan fingerprint density at radius 2 is 1.94 bits per heavy atom. The molecule has 0 aliphatic rings. The monoisotopic (exact) mass is 278 g/mol. The number of hydrogen-bond acceptors (Lipinski definition) is 3. The van der Waals surface area contributed by atoms with Crippen LogP contribution in [0.1, 0.15) is 24.2 Å². The van der Waals surface area contributed by atoms with E-state index in [2.05, 4.69) is 26.0 Å². The third-order valence-corrected chi connectivity index (χ3v) is 4.35. The zero-order valence-corrected chi connectivity index (χ0v) is 11.8. The minimum atomic E-state index is -0.871. The van der Waals surface area contributed by atoms with Gasteiger partial charge in [-0.05, 0) is 23.8 Å². The summed E-state index contributed by atoms with van der Waals surface area (Å²) in [6.45, 7) is 4.33. The van der Waals surface area contributed by atoms with Crippen LogP contribution in [0.15, 0.2) is 40.6 Å². The van der Waals surface area contributed by atoms with Crippen LogP contribution in [0.25, 0.3) is 10.4 Å². The maximum Gasteiger partial charge on any atom is 0.336 e. The SMILES string of the molecule is CC(C)Sc1ccc(-c2cc(C(=O)O)cs2)cc1. The summed E-state index contributed by atoms with van der Waals surface area (Å²) in [5.74, 6) is -0.871. The maximum absolute atomic E-state index is 10.8. The molecule has 4 heteroatoms. The second-order valence-corrected chi connectivity index (χ2v) is 6.76. The lowest BCUT2D eigenvalue weighted by Crippen LogP contribution is -1.91. The van der Waals surface area contributed by atoms with Crippen molar-refractivity contribution in [2.24, 2.45) is 0 Å². The second kappa shape index (κ2) is 5.59. The number of benzene rings is 1. The van der Waals surface area contributed by atoms with E-state index in [1.807, 2.05) is 23.9 Å². The fraction of sp³-hybridized carbons (Fsp3) is 0.214. The minimum absolute atomic E-state index is 0.357. The lowest BCUT2D eigenvalue weighted by Gasteiger charge is -2.05. The highest BCUT2D eigenvalue weighted by atomic mass is 32.2. The zero-order chi connectivity index (χ0) is 13.1. The molecule has 0 spiro atoms. The highest BCUT2D eigenvalue weighted by Gasteiger charge is 2.08. The average Bonchev–Trinajstić information content (AvgIpc) is 2.78. The maximum atomic E-state index is 10.8. The largest absolute Gasteiger partial charge is 0.478 e. The summed E-state index contributed by atoms with van der Waals surface area (Å²) in [7, 11) is 0. The van der Waals surface area contributed by atoms with Crippen molar-refractivity contribution in [1.29, 1.82) is 0 Å². The topological polar surface area (TPSA) is 37.3 Å². The summed E-state index contributed by atoms with van der Waals surface area (Å²) in [5.41, 5.74) is 1.43. The molecule has 1 N–H and O–H groups in total. The number of carbonyl (C=O) groups is 1. The van der Waals surface area contributed by atoms with E-state index in [1.54, 1.807) is 11.4 Å². The van der Waals surface area contributed by atoms with Crippen LogP contribution in [0, 0.1) is 0 Å². The standard InChI is InChI=1S/C14H14O2S2/c1-9(2)18-12-5-3-10(4-6-12)13-7-11(8-17-13)14(15)16/h3-9H,1-2H3,(H,15,16). The van der Waals surface area contributed by atoms with Crippen molar-refractivity contribution in [2.45, 2.75) is 24.0 Å². The fourth-order valence-corrected chi connectivity index (χ4v) is 3.30. The first kappa shape index (κ1) is 13.2. The Labute approximate surface area is 115 Å². The van der Waals surface area contributed by atoms with E-state index >= 15 is 0 Å². The molecule has 0 radical (unpaired) electrons. The minimum Gasteiger partial charge on any atom is -0.478 e. The molecule has 0 aliphatic heterocycles. The van der Waals surface area contributed by atoms with E-state index in [0.29, 0.717) is 10.8 Å². The van der Waals surface area contributed by atoms with Crippen molar-refractivity contribution in [2.75, 3.05) is 0 Å².